The molecule has 7 nitrogen and oxygen atoms in total. The summed E-state index contributed by atoms with van der Waals surface area (Å²) in [6, 6.07) is 22.7. The summed E-state index contributed by atoms with van der Waals surface area (Å²) < 4.78 is 5.83. The maximum atomic E-state index is 12.1. The van der Waals surface area contributed by atoms with Gasteiger partial charge in [0, 0.05) is 40.7 Å². The number of carbonyl (C=O) groups is 1. The molecule has 0 saturated heterocycles. The summed E-state index contributed by atoms with van der Waals surface area (Å²) in [4.78, 5) is 17.7. The van der Waals surface area contributed by atoms with E-state index in [0.29, 0.717) is 28.7 Å². The van der Waals surface area contributed by atoms with Crippen LogP contribution in [0, 0.1) is 0 Å². The van der Waals surface area contributed by atoms with E-state index < -0.39 is 18.2 Å². The summed E-state index contributed by atoms with van der Waals surface area (Å²) in [5.74, 6) is 0.164. The smallest absolute Gasteiger partial charge is 0.278 e. The van der Waals surface area contributed by atoms with Gasteiger partial charge in [-0.1, -0.05) is 67.1 Å². The van der Waals surface area contributed by atoms with Crippen LogP contribution in [0.4, 0.5) is 5.69 Å². The molecule has 0 bridgehead atoms. The molecule has 0 radical (unpaired) electrons. The van der Waals surface area contributed by atoms with Crippen molar-refractivity contribution in [1.82, 2.24) is 5.32 Å². The fourth-order valence-electron chi connectivity index (χ4n) is 4.44. The highest BCUT2D eigenvalue weighted by atomic mass is 35.5. The molecular weight excluding hydrogens is 526 g/mol. The predicted molar refractivity (Wildman–Crippen MR) is 161 cm³/mol. The number of amides is 1. The fourth-order valence-corrected chi connectivity index (χ4v) is 4.62. The molecule has 3 aromatic carbocycles. The molecule has 210 valence electrons. The van der Waals surface area contributed by atoms with Crippen LogP contribution < -0.4 is 10.2 Å². The third-order valence-electron chi connectivity index (χ3n) is 6.60. The molecule has 2 atom stereocenters. The Morgan fingerprint density at radius 1 is 1.07 bits per heavy atom. The zero-order valence-corrected chi connectivity index (χ0v) is 24.2. The number of hydrogen-bond donors (Lipinski definition) is 3. The van der Waals surface area contributed by atoms with Gasteiger partial charge in [0.2, 0.25) is 6.23 Å². The van der Waals surface area contributed by atoms with Crippen molar-refractivity contribution in [3.63, 3.8) is 0 Å². The maximum Gasteiger partial charge on any atom is 0.278 e. The van der Waals surface area contributed by atoms with Crippen molar-refractivity contribution in [3.05, 3.63) is 100 Å². The minimum atomic E-state index is -1.42. The van der Waals surface area contributed by atoms with Gasteiger partial charge < -0.3 is 24.8 Å². The summed E-state index contributed by atoms with van der Waals surface area (Å²) >= 11 is 6.08. The zero-order chi connectivity index (χ0) is 29.0. The summed E-state index contributed by atoms with van der Waals surface area (Å²) in [5.41, 5.74) is 4.84. The molecule has 1 aliphatic rings. The number of nitrogens with one attached hydrogen (secondary N) is 1. The van der Waals surface area contributed by atoms with Gasteiger partial charge in [0.25, 0.3) is 5.91 Å². The highest BCUT2D eigenvalue weighted by Gasteiger charge is 2.28. The van der Waals surface area contributed by atoms with Crippen LogP contribution in [0.3, 0.4) is 0 Å². The van der Waals surface area contributed by atoms with Crippen LogP contribution in [0.15, 0.2) is 82.2 Å². The molecule has 2 unspecified atom stereocenters. The standard InChI is InChI=1S/C16H13ClN2O2.C16H23NO2/c1-19-13-8-7-11(17)9-12(13)14(18-15(20)16(19)21)10-5-3-2-4-6-10;1-5-11-7-6-8-12-9-14(19-15(11)12)13(18)10-17-16(2,3)4/h2-9,15,20H,1H3;6-9,13,17-18H,5,10H2,1-4H3. The van der Waals surface area contributed by atoms with Crippen LogP contribution in [0.25, 0.3) is 11.0 Å². The van der Waals surface area contributed by atoms with E-state index in [1.807, 2.05) is 48.5 Å². The highest BCUT2D eigenvalue weighted by Crippen LogP contribution is 2.30. The van der Waals surface area contributed by atoms with Crippen LogP contribution in [-0.4, -0.2) is 47.2 Å². The summed E-state index contributed by atoms with van der Waals surface area (Å²) in [5, 5.41) is 25.1. The van der Waals surface area contributed by atoms with E-state index >= 15 is 0 Å². The Labute approximate surface area is 240 Å². The van der Waals surface area contributed by atoms with Crippen molar-refractivity contribution in [3.8, 4) is 0 Å². The third kappa shape index (κ3) is 6.80. The SMILES string of the molecule is CCc1cccc2cc(C(O)CNC(C)(C)C)oc12.CN1C(=O)C(O)N=C(c2ccccc2)c2cc(Cl)ccc21. The summed E-state index contributed by atoms with van der Waals surface area (Å²) in [6.45, 7) is 8.83. The number of para-hydroxylation sites is 1. The Morgan fingerprint density at radius 2 is 1.80 bits per heavy atom. The van der Waals surface area contributed by atoms with Gasteiger partial charge in [0.05, 0.1) is 11.4 Å². The number of carbonyl (C=O) groups excluding carboxylic acids is 1. The maximum absolute atomic E-state index is 12.1. The highest BCUT2D eigenvalue weighted by molar-refractivity contribution is 6.32. The van der Waals surface area contributed by atoms with E-state index in [0.717, 1.165) is 28.5 Å². The molecule has 0 spiro atoms. The molecule has 4 aromatic rings. The van der Waals surface area contributed by atoms with E-state index in [2.05, 4.69) is 44.1 Å². The molecule has 1 amide bonds. The Balaban J connectivity index is 0.000000186. The number of halogens is 1. The molecule has 1 aromatic heterocycles. The van der Waals surface area contributed by atoms with Gasteiger partial charge in [-0.15, -0.1) is 0 Å². The number of fused-ring (bicyclic) bond motifs is 2. The second kappa shape index (κ2) is 12.4. The number of furan rings is 1. The first kappa shape index (κ1) is 29.5. The summed E-state index contributed by atoms with van der Waals surface area (Å²) in [6.07, 6.45) is -1.10. The lowest BCUT2D eigenvalue weighted by atomic mass is 10.0. The lowest BCUT2D eigenvalue weighted by molar-refractivity contribution is -0.125. The number of benzodiazepines with no additional fused rings is 1. The molecule has 0 aliphatic carbocycles. The van der Waals surface area contributed by atoms with Crippen LogP contribution in [0.2, 0.25) is 5.02 Å². The minimum Gasteiger partial charge on any atom is -0.458 e. The molecule has 0 saturated carbocycles. The number of likely N-dealkylation sites (N-methyl/N-ethyl adjacent to an activating group) is 1. The number of hydrogen-bond acceptors (Lipinski definition) is 6. The van der Waals surface area contributed by atoms with Crippen LogP contribution in [-0.2, 0) is 11.2 Å². The van der Waals surface area contributed by atoms with Crippen molar-refractivity contribution in [1.29, 1.82) is 0 Å². The minimum absolute atomic E-state index is 0.0123. The Kier molecular flexibility index (Phi) is 9.11. The zero-order valence-electron chi connectivity index (χ0n) is 23.5. The van der Waals surface area contributed by atoms with E-state index in [9.17, 15) is 15.0 Å². The predicted octanol–water partition coefficient (Wildman–Crippen LogP) is 5.89. The van der Waals surface area contributed by atoms with Crippen LogP contribution >= 0.6 is 11.6 Å². The van der Waals surface area contributed by atoms with Crippen LogP contribution in [0.5, 0.6) is 0 Å². The number of β-amino-alcohol motifs (C(OH)–C–C–N with tert-alkyl or cyclic N) is 1. The van der Waals surface area contributed by atoms with Gasteiger partial charge in [-0.3, -0.25) is 4.79 Å². The third-order valence-corrected chi connectivity index (χ3v) is 6.84. The van der Waals surface area contributed by atoms with Crippen molar-refractivity contribution >= 4 is 39.9 Å². The Hall–Kier alpha value is -3.49. The molecule has 2 heterocycles. The van der Waals surface area contributed by atoms with E-state index in [1.54, 1.807) is 25.2 Å². The van der Waals surface area contributed by atoms with Crippen molar-refractivity contribution in [2.24, 2.45) is 4.99 Å². The van der Waals surface area contributed by atoms with Gasteiger partial charge in [0.1, 0.15) is 17.4 Å². The quantitative estimate of drug-likeness (QED) is 0.282. The normalized spacial score (nSPS) is 16.1. The van der Waals surface area contributed by atoms with Gasteiger partial charge in [-0.25, -0.2) is 4.99 Å². The number of rotatable bonds is 5. The average Bonchev–Trinajstić information content (AvgIpc) is 3.35. The number of anilines is 1. The Morgan fingerprint density at radius 3 is 2.48 bits per heavy atom. The van der Waals surface area contributed by atoms with Crippen molar-refractivity contribution in [2.45, 2.75) is 52.0 Å². The van der Waals surface area contributed by atoms with Gasteiger partial charge in [-0.2, -0.15) is 0 Å². The molecular formula is C32H36ClN3O4. The molecule has 8 heteroatoms. The number of benzene rings is 3. The average molecular weight is 562 g/mol. The van der Waals surface area contributed by atoms with Gasteiger partial charge in [0.15, 0.2) is 0 Å². The number of aliphatic hydroxyl groups is 2. The molecule has 3 N–H and O–H groups in total. The van der Waals surface area contributed by atoms with Gasteiger partial charge in [-0.05, 0) is 57.0 Å². The van der Waals surface area contributed by atoms with Gasteiger partial charge >= 0.3 is 0 Å². The van der Waals surface area contributed by atoms with E-state index in [-0.39, 0.29) is 5.54 Å². The first-order valence-corrected chi connectivity index (χ1v) is 13.7. The van der Waals surface area contributed by atoms with E-state index in [4.69, 9.17) is 16.0 Å². The summed E-state index contributed by atoms with van der Waals surface area (Å²) in [7, 11) is 1.61. The number of nitrogens with zero attached hydrogens (tertiary/aromatic N) is 2. The second-order valence-corrected chi connectivity index (χ2v) is 11.2. The molecule has 1 aliphatic heterocycles. The molecule has 0 fully saturated rings. The number of aryl methyl sites for hydroxylation is 1. The molecule has 5 rings (SSSR count). The molecule has 40 heavy (non-hydrogen) atoms. The number of aliphatic hydroxyl groups excluding tert-OH is 2. The number of aliphatic imine (C=N–C) groups is 1. The van der Waals surface area contributed by atoms with Crippen molar-refractivity contribution < 1.29 is 19.4 Å². The first-order chi connectivity index (χ1) is 19.0. The van der Waals surface area contributed by atoms with Crippen molar-refractivity contribution in [2.75, 3.05) is 18.5 Å². The Bertz CT molecular complexity index is 1510. The largest absolute Gasteiger partial charge is 0.458 e. The van der Waals surface area contributed by atoms with E-state index in [1.165, 1.54) is 10.5 Å². The fraction of sp³-hybridized carbons (Fsp3) is 0.312. The topological polar surface area (TPSA) is 98.3 Å². The second-order valence-electron chi connectivity index (χ2n) is 10.8. The van der Waals surface area contributed by atoms with Crippen LogP contribution in [0.1, 0.15) is 56.2 Å². The lowest BCUT2D eigenvalue weighted by Gasteiger charge is -2.22. The first-order valence-electron chi connectivity index (χ1n) is 13.3. The lowest BCUT2D eigenvalue weighted by Crippen LogP contribution is -2.38. The monoisotopic (exact) mass is 561 g/mol.